The zero-order valence-electron chi connectivity index (χ0n) is 12.1. The molecule has 4 N–H and O–H groups in total. The molecule has 1 aliphatic heterocycles. The van der Waals surface area contributed by atoms with E-state index >= 15 is 0 Å². The summed E-state index contributed by atoms with van der Waals surface area (Å²) in [4.78, 5) is 18.6. The molecule has 0 aromatic carbocycles. The molecule has 1 saturated heterocycles. The lowest BCUT2D eigenvalue weighted by Crippen LogP contribution is -2.43. The Morgan fingerprint density at radius 1 is 1.45 bits per heavy atom. The number of nitrogens with zero attached hydrogens (tertiary/aromatic N) is 2. The van der Waals surface area contributed by atoms with Gasteiger partial charge >= 0.3 is 0 Å². The Morgan fingerprint density at radius 2 is 2.15 bits per heavy atom. The number of nitrogen functional groups attached to an aromatic ring is 1. The molecule has 6 nitrogen and oxygen atoms in total. The van der Waals surface area contributed by atoms with E-state index in [1.54, 1.807) is 18.2 Å². The van der Waals surface area contributed by atoms with Crippen LogP contribution in [0, 0.1) is 5.41 Å². The zero-order chi connectivity index (χ0) is 14.6. The number of piperidine rings is 1. The average Bonchev–Trinajstić information content (AvgIpc) is 2.48. The number of aromatic nitrogens is 1. The molecule has 0 radical (unpaired) electrons. The highest BCUT2D eigenvalue weighted by molar-refractivity contribution is 5.92. The normalized spacial score (nSPS) is 18.6. The van der Waals surface area contributed by atoms with Crippen molar-refractivity contribution in [1.82, 2.24) is 15.2 Å². The van der Waals surface area contributed by atoms with Crippen molar-refractivity contribution >= 4 is 11.7 Å². The number of carbonyl (C=O) groups is 1. The number of amides is 1. The molecule has 2 rings (SSSR count). The molecule has 2 heterocycles. The van der Waals surface area contributed by atoms with Crippen LogP contribution in [0.3, 0.4) is 0 Å². The molecule has 0 aliphatic carbocycles. The summed E-state index contributed by atoms with van der Waals surface area (Å²) in [6.07, 6.45) is 2.20. The Hall–Kier alpha value is -1.66. The van der Waals surface area contributed by atoms with E-state index in [1.165, 1.54) is 0 Å². The molecule has 1 aliphatic rings. The molecule has 0 atom stereocenters. The van der Waals surface area contributed by atoms with E-state index < -0.39 is 0 Å². The fourth-order valence-electron chi connectivity index (χ4n) is 2.36. The largest absolute Gasteiger partial charge is 0.350 e. The highest BCUT2D eigenvalue weighted by Gasteiger charge is 2.29. The minimum atomic E-state index is -0.151. The Bertz CT molecular complexity index is 468. The lowest BCUT2D eigenvalue weighted by Gasteiger charge is -2.37. The fourth-order valence-corrected chi connectivity index (χ4v) is 2.36. The molecule has 0 saturated carbocycles. The van der Waals surface area contributed by atoms with Crippen LogP contribution in [0.25, 0.3) is 0 Å². The Balaban J connectivity index is 1.91. The topological polar surface area (TPSA) is 83.3 Å². The number of likely N-dealkylation sites (tertiary alicyclic amines) is 1. The van der Waals surface area contributed by atoms with Crippen LogP contribution in [0.1, 0.15) is 30.3 Å². The van der Waals surface area contributed by atoms with E-state index in [-0.39, 0.29) is 11.3 Å². The molecular formula is C14H23N5O. The van der Waals surface area contributed by atoms with E-state index in [4.69, 9.17) is 5.84 Å². The van der Waals surface area contributed by atoms with Crippen molar-refractivity contribution in [2.45, 2.75) is 19.8 Å². The van der Waals surface area contributed by atoms with Gasteiger partial charge in [-0.1, -0.05) is 13.0 Å². The van der Waals surface area contributed by atoms with Crippen molar-refractivity contribution in [3.63, 3.8) is 0 Å². The quantitative estimate of drug-likeness (QED) is 0.561. The predicted octanol–water partition coefficient (Wildman–Crippen LogP) is 0.829. The number of hydrazine groups is 1. The summed E-state index contributed by atoms with van der Waals surface area (Å²) in [5.74, 6) is 5.63. The Morgan fingerprint density at radius 3 is 2.80 bits per heavy atom. The molecular weight excluding hydrogens is 254 g/mol. The third-order valence-corrected chi connectivity index (χ3v) is 4.00. The SMILES string of the molecule is CN1CCC(C)(CNC(=O)c2cccc(NN)n2)CC1. The minimum Gasteiger partial charge on any atom is -0.350 e. The van der Waals surface area contributed by atoms with E-state index in [0.717, 1.165) is 25.9 Å². The fraction of sp³-hybridized carbons (Fsp3) is 0.571. The Kier molecular flexibility index (Phi) is 4.57. The zero-order valence-corrected chi connectivity index (χ0v) is 12.1. The first kappa shape index (κ1) is 14.7. The van der Waals surface area contributed by atoms with Gasteiger partial charge in [-0.05, 0) is 50.5 Å². The molecule has 0 spiro atoms. The van der Waals surface area contributed by atoms with Gasteiger partial charge in [0.1, 0.15) is 11.5 Å². The van der Waals surface area contributed by atoms with Gasteiger partial charge in [0, 0.05) is 6.54 Å². The monoisotopic (exact) mass is 277 g/mol. The Labute approximate surface area is 119 Å². The first-order valence-electron chi connectivity index (χ1n) is 6.93. The second-order valence-corrected chi connectivity index (χ2v) is 5.85. The molecule has 1 amide bonds. The molecule has 110 valence electrons. The number of hydrogen-bond acceptors (Lipinski definition) is 5. The van der Waals surface area contributed by atoms with Crippen molar-refractivity contribution in [2.24, 2.45) is 11.3 Å². The summed E-state index contributed by atoms with van der Waals surface area (Å²) >= 11 is 0. The molecule has 1 fully saturated rings. The standard InChI is InChI=1S/C14H23N5O/c1-14(6-8-19(2)9-7-14)10-16-13(20)11-4-3-5-12(17-11)18-15/h3-5H,6-10,15H2,1-2H3,(H,16,20)(H,17,18). The van der Waals surface area contributed by atoms with Gasteiger partial charge < -0.3 is 15.6 Å². The van der Waals surface area contributed by atoms with Crippen LogP contribution >= 0.6 is 0 Å². The van der Waals surface area contributed by atoms with Gasteiger partial charge in [-0.3, -0.25) is 4.79 Å². The lowest BCUT2D eigenvalue weighted by atomic mass is 9.80. The van der Waals surface area contributed by atoms with Crippen LogP contribution in [-0.4, -0.2) is 42.5 Å². The van der Waals surface area contributed by atoms with Crippen LogP contribution in [0.15, 0.2) is 18.2 Å². The van der Waals surface area contributed by atoms with Gasteiger partial charge in [0.05, 0.1) is 0 Å². The van der Waals surface area contributed by atoms with Crippen LogP contribution in [0.4, 0.5) is 5.82 Å². The first-order valence-corrected chi connectivity index (χ1v) is 6.93. The van der Waals surface area contributed by atoms with Crippen molar-refractivity contribution in [2.75, 3.05) is 32.1 Å². The third-order valence-electron chi connectivity index (χ3n) is 4.00. The van der Waals surface area contributed by atoms with E-state index in [1.807, 2.05) is 0 Å². The number of anilines is 1. The summed E-state index contributed by atoms with van der Waals surface area (Å²) in [5.41, 5.74) is 3.00. The van der Waals surface area contributed by atoms with Crippen LogP contribution in [0.5, 0.6) is 0 Å². The van der Waals surface area contributed by atoms with Crippen molar-refractivity contribution in [3.05, 3.63) is 23.9 Å². The van der Waals surface area contributed by atoms with Gasteiger partial charge in [0.15, 0.2) is 0 Å². The molecule has 0 unspecified atom stereocenters. The molecule has 1 aromatic heterocycles. The van der Waals surface area contributed by atoms with Crippen LogP contribution in [-0.2, 0) is 0 Å². The summed E-state index contributed by atoms with van der Waals surface area (Å²) in [5, 5.41) is 2.99. The van der Waals surface area contributed by atoms with Gasteiger partial charge in [-0.15, -0.1) is 0 Å². The van der Waals surface area contributed by atoms with Crippen LogP contribution < -0.4 is 16.6 Å². The highest BCUT2D eigenvalue weighted by Crippen LogP contribution is 2.29. The van der Waals surface area contributed by atoms with E-state index in [0.29, 0.717) is 18.1 Å². The summed E-state index contributed by atoms with van der Waals surface area (Å²) in [6.45, 7) is 5.07. The van der Waals surface area contributed by atoms with Gasteiger partial charge in [0.25, 0.3) is 5.91 Å². The molecule has 20 heavy (non-hydrogen) atoms. The highest BCUT2D eigenvalue weighted by atomic mass is 16.1. The maximum atomic E-state index is 12.1. The molecule has 0 bridgehead atoms. The molecule has 6 heteroatoms. The first-order chi connectivity index (χ1) is 9.52. The van der Waals surface area contributed by atoms with Crippen LogP contribution in [0.2, 0.25) is 0 Å². The van der Waals surface area contributed by atoms with Crippen molar-refractivity contribution in [3.8, 4) is 0 Å². The van der Waals surface area contributed by atoms with Gasteiger partial charge in [0.2, 0.25) is 0 Å². The van der Waals surface area contributed by atoms with Gasteiger partial charge in [-0.2, -0.15) is 0 Å². The van der Waals surface area contributed by atoms with E-state index in [2.05, 4.69) is 34.6 Å². The predicted molar refractivity (Wildman–Crippen MR) is 79.2 cm³/mol. The van der Waals surface area contributed by atoms with Gasteiger partial charge in [-0.25, -0.2) is 10.8 Å². The number of hydrogen-bond donors (Lipinski definition) is 3. The summed E-state index contributed by atoms with van der Waals surface area (Å²) < 4.78 is 0. The maximum Gasteiger partial charge on any atom is 0.269 e. The molecule has 1 aromatic rings. The number of nitrogens with one attached hydrogen (secondary N) is 2. The van der Waals surface area contributed by atoms with E-state index in [9.17, 15) is 4.79 Å². The van der Waals surface area contributed by atoms with Crippen molar-refractivity contribution < 1.29 is 4.79 Å². The number of rotatable bonds is 4. The third kappa shape index (κ3) is 3.68. The number of nitrogens with two attached hydrogens (primary N) is 1. The second kappa shape index (κ2) is 6.19. The maximum absolute atomic E-state index is 12.1. The van der Waals surface area contributed by atoms with Crippen molar-refractivity contribution in [1.29, 1.82) is 0 Å². The minimum absolute atomic E-state index is 0.151. The lowest BCUT2D eigenvalue weighted by molar-refractivity contribution is 0.0887. The summed E-state index contributed by atoms with van der Waals surface area (Å²) in [7, 11) is 2.13. The number of pyridine rings is 1. The second-order valence-electron chi connectivity index (χ2n) is 5.85. The smallest absolute Gasteiger partial charge is 0.269 e. The average molecular weight is 277 g/mol. The number of carbonyl (C=O) groups excluding carboxylic acids is 1. The summed E-state index contributed by atoms with van der Waals surface area (Å²) in [6, 6.07) is 5.16.